The van der Waals surface area contributed by atoms with Gasteiger partial charge in [-0.05, 0) is 74.6 Å². The molecule has 5 heteroatoms. The third-order valence-electron chi connectivity index (χ3n) is 6.67. The molecule has 2 aromatic rings. The second kappa shape index (κ2) is 8.03. The highest BCUT2D eigenvalue weighted by molar-refractivity contribution is 6.01. The highest BCUT2D eigenvalue weighted by atomic mass is 16.5. The van der Waals surface area contributed by atoms with Gasteiger partial charge in [-0.3, -0.25) is 9.59 Å². The molecule has 0 atom stereocenters. The van der Waals surface area contributed by atoms with Crippen LogP contribution in [0.1, 0.15) is 57.4 Å². The lowest BCUT2D eigenvalue weighted by Crippen LogP contribution is -2.53. The van der Waals surface area contributed by atoms with Gasteiger partial charge in [-0.1, -0.05) is 12.1 Å². The lowest BCUT2D eigenvalue weighted by molar-refractivity contribution is -0.136. The predicted octanol–water partition coefficient (Wildman–Crippen LogP) is 4.63. The van der Waals surface area contributed by atoms with E-state index in [9.17, 15) is 9.59 Å². The van der Waals surface area contributed by atoms with Gasteiger partial charge in [-0.25, -0.2) is 0 Å². The number of fused-ring (bicyclic) bond motifs is 1. The van der Waals surface area contributed by atoms with E-state index in [1.807, 2.05) is 57.7 Å². The molecule has 5 nitrogen and oxygen atoms in total. The summed E-state index contributed by atoms with van der Waals surface area (Å²) in [6, 6.07) is 8.07. The van der Waals surface area contributed by atoms with Gasteiger partial charge in [0.1, 0.15) is 17.1 Å². The third kappa shape index (κ3) is 4.18. The standard InChI is InChI=1S/C26H31NO4/c1-16-10-18(3)20(5)22(12-16)30-15-24(29)27-8-6-26(7-9-27)14-21(28)25-19(4)11-17(2)13-23(25)31-26/h10-13H,6-9,14-15H2,1-5H3. The van der Waals surface area contributed by atoms with Crippen molar-refractivity contribution in [3.05, 3.63) is 57.6 Å². The summed E-state index contributed by atoms with van der Waals surface area (Å²) in [4.78, 5) is 27.5. The molecular weight excluding hydrogens is 390 g/mol. The van der Waals surface area contributed by atoms with Crippen molar-refractivity contribution in [3.8, 4) is 11.5 Å². The number of aryl methyl sites for hydroxylation is 4. The Kier molecular flexibility index (Phi) is 5.54. The Hall–Kier alpha value is -2.82. The Labute approximate surface area is 184 Å². The topological polar surface area (TPSA) is 55.8 Å². The van der Waals surface area contributed by atoms with Crippen LogP contribution in [0, 0.1) is 34.6 Å². The van der Waals surface area contributed by atoms with E-state index in [1.165, 1.54) is 0 Å². The van der Waals surface area contributed by atoms with Crippen molar-refractivity contribution in [1.29, 1.82) is 0 Å². The minimum atomic E-state index is -0.508. The molecule has 31 heavy (non-hydrogen) atoms. The Morgan fingerprint density at radius 2 is 1.65 bits per heavy atom. The van der Waals surface area contributed by atoms with E-state index in [-0.39, 0.29) is 18.3 Å². The van der Waals surface area contributed by atoms with E-state index in [1.54, 1.807) is 0 Å². The Balaban J connectivity index is 1.40. The molecule has 2 aliphatic heterocycles. The Bertz CT molecular complexity index is 1050. The van der Waals surface area contributed by atoms with Gasteiger partial charge < -0.3 is 14.4 Å². The largest absolute Gasteiger partial charge is 0.486 e. The zero-order valence-electron chi connectivity index (χ0n) is 19.1. The van der Waals surface area contributed by atoms with Gasteiger partial charge in [-0.2, -0.15) is 0 Å². The van der Waals surface area contributed by atoms with Gasteiger partial charge in [-0.15, -0.1) is 0 Å². The lowest BCUT2D eigenvalue weighted by atomic mass is 9.81. The summed E-state index contributed by atoms with van der Waals surface area (Å²) >= 11 is 0. The van der Waals surface area contributed by atoms with Crippen LogP contribution in [0.4, 0.5) is 0 Å². The van der Waals surface area contributed by atoms with Crippen molar-refractivity contribution >= 4 is 11.7 Å². The predicted molar refractivity (Wildman–Crippen MR) is 120 cm³/mol. The maximum absolute atomic E-state index is 12.9. The summed E-state index contributed by atoms with van der Waals surface area (Å²) in [5.74, 6) is 1.58. The fourth-order valence-electron chi connectivity index (χ4n) is 4.84. The summed E-state index contributed by atoms with van der Waals surface area (Å²) in [6.07, 6.45) is 1.68. The minimum absolute atomic E-state index is 0.0253. The van der Waals surface area contributed by atoms with Crippen LogP contribution in [0.2, 0.25) is 0 Å². The van der Waals surface area contributed by atoms with Crippen LogP contribution in [0.25, 0.3) is 0 Å². The molecule has 0 bridgehead atoms. The first-order valence-electron chi connectivity index (χ1n) is 11.0. The molecule has 4 rings (SSSR count). The molecule has 1 saturated heterocycles. The number of likely N-dealkylation sites (tertiary alicyclic amines) is 1. The van der Waals surface area contributed by atoms with Gasteiger partial charge >= 0.3 is 0 Å². The van der Waals surface area contributed by atoms with Crippen LogP contribution < -0.4 is 9.47 Å². The molecule has 1 spiro atoms. The monoisotopic (exact) mass is 421 g/mol. The van der Waals surface area contributed by atoms with E-state index in [0.717, 1.165) is 33.6 Å². The van der Waals surface area contributed by atoms with Crippen molar-refractivity contribution in [2.45, 2.75) is 59.5 Å². The maximum atomic E-state index is 12.9. The van der Waals surface area contributed by atoms with Crippen LogP contribution in [0.15, 0.2) is 24.3 Å². The smallest absolute Gasteiger partial charge is 0.260 e. The van der Waals surface area contributed by atoms with Crippen LogP contribution >= 0.6 is 0 Å². The highest BCUT2D eigenvalue weighted by Gasteiger charge is 2.44. The first kappa shape index (κ1) is 21.4. The van der Waals surface area contributed by atoms with Gasteiger partial charge in [0.05, 0.1) is 12.0 Å². The molecule has 2 heterocycles. The fraction of sp³-hybridized carbons (Fsp3) is 0.462. The summed E-state index contributed by atoms with van der Waals surface area (Å²) in [5, 5.41) is 0. The summed E-state index contributed by atoms with van der Waals surface area (Å²) < 4.78 is 12.3. The molecule has 0 aromatic heterocycles. The number of hydrogen-bond acceptors (Lipinski definition) is 4. The summed E-state index contributed by atoms with van der Waals surface area (Å²) in [6.45, 7) is 11.2. The number of piperidine rings is 1. The molecule has 0 N–H and O–H groups in total. The quantitative estimate of drug-likeness (QED) is 0.725. The number of hydrogen-bond donors (Lipinski definition) is 0. The Morgan fingerprint density at radius 3 is 2.35 bits per heavy atom. The number of benzene rings is 2. The number of ketones is 1. The van der Waals surface area contributed by atoms with Crippen molar-refractivity contribution in [1.82, 2.24) is 4.90 Å². The zero-order valence-corrected chi connectivity index (χ0v) is 19.1. The SMILES string of the molecule is Cc1cc(C)c(C)c(OCC(=O)N2CCC3(CC2)CC(=O)c2c(C)cc(C)cc2O3)c1. The van der Waals surface area contributed by atoms with Gasteiger partial charge in [0.25, 0.3) is 5.91 Å². The van der Waals surface area contributed by atoms with E-state index >= 15 is 0 Å². The molecule has 1 amide bonds. The molecule has 2 aromatic carbocycles. The molecule has 164 valence electrons. The normalized spacial score (nSPS) is 17.3. The van der Waals surface area contributed by atoms with Crippen molar-refractivity contribution in [3.63, 3.8) is 0 Å². The second-order valence-electron chi connectivity index (χ2n) is 9.21. The van der Waals surface area contributed by atoms with Crippen molar-refractivity contribution in [2.24, 2.45) is 0 Å². The fourth-order valence-corrected chi connectivity index (χ4v) is 4.84. The lowest BCUT2D eigenvalue weighted by Gasteiger charge is -2.44. The van der Waals surface area contributed by atoms with E-state index in [4.69, 9.17) is 9.47 Å². The summed E-state index contributed by atoms with van der Waals surface area (Å²) in [7, 11) is 0. The molecule has 0 radical (unpaired) electrons. The van der Waals surface area contributed by atoms with Gasteiger partial charge in [0, 0.05) is 25.9 Å². The number of Topliss-reactive ketones (excluding diaryl/α,β-unsaturated/α-hetero) is 1. The van der Waals surface area contributed by atoms with Gasteiger partial charge in [0.15, 0.2) is 12.4 Å². The van der Waals surface area contributed by atoms with Crippen molar-refractivity contribution < 1.29 is 19.1 Å². The minimum Gasteiger partial charge on any atom is -0.486 e. The average molecular weight is 422 g/mol. The second-order valence-corrected chi connectivity index (χ2v) is 9.21. The number of amides is 1. The number of rotatable bonds is 3. The number of carbonyl (C=O) groups excluding carboxylic acids is 2. The number of nitrogens with zero attached hydrogens (tertiary/aromatic N) is 1. The highest BCUT2D eigenvalue weighted by Crippen LogP contribution is 2.41. The molecule has 0 unspecified atom stereocenters. The Morgan fingerprint density at radius 1 is 1.00 bits per heavy atom. The van der Waals surface area contributed by atoms with E-state index < -0.39 is 5.60 Å². The van der Waals surface area contributed by atoms with Crippen molar-refractivity contribution in [2.75, 3.05) is 19.7 Å². The van der Waals surface area contributed by atoms with Crippen LogP contribution in [-0.2, 0) is 4.79 Å². The molecule has 0 aliphatic carbocycles. The van der Waals surface area contributed by atoms with Crippen LogP contribution in [0.3, 0.4) is 0 Å². The molecule has 0 saturated carbocycles. The number of ether oxygens (including phenoxy) is 2. The summed E-state index contributed by atoms with van der Waals surface area (Å²) in [5.41, 5.74) is 5.62. The molecular formula is C26H31NO4. The first-order chi connectivity index (χ1) is 14.7. The van der Waals surface area contributed by atoms with E-state index in [2.05, 4.69) is 6.07 Å². The number of carbonyl (C=O) groups is 2. The average Bonchev–Trinajstić information content (AvgIpc) is 2.69. The van der Waals surface area contributed by atoms with Gasteiger partial charge in [0.2, 0.25) is 0 Å². The van der Waals surface area contributed by atoms with E-state index in [0.29, 0.717) is 43.7 Å². The first-order valence-corrected chi connectivity index (χ1v) is 11.0. The maximum Gasteiger partial charge on any atom is 0.260 e. The zero-order chi connectivity index (χ0) is 22.3. The molecule has 2 aliphatic rings. The third-order valence-corrected chi connectivity index (χ3v) is 6.67. The molecule has 1 fully saturated rings. The van der Waals surface area contributed by atoms with Crippen LogP contribution in [0.5, 0.6) is 11.5 Å². The van der Waals surface area contributed by atoms with Crippen LogP contribution in [-0.4, -0.2) is 41.9 Å².